The van der Waals surface area contributed by atoms with E-state index in [2.05, 4.69) is 10.6 Å². The fourth-order valence-corrected chi connectivity index (χ4v) is 2.94. The molecule has 0 saturated carbocycles. The zero-order valence-corrected chi connectivity index (χ0v) is 17.2. The van der Waals surface area contributed by atoms with Crippen molar-refractivity contribution < 1.29 is 14.5 Å². The van der Waals surface area contributed by atoms with E-state index in [0.29, 0.717) is 23.6 Å². The maximum Gasteiger partial charge on any atom is 0.293 e. The molecule has 0 heterocycles. The minimum atomic E-state index is -0.528. The number of nitro benzene ring substituents is 1. The van der Waals surface area contributed by atoms with Crippen molar-refractivity contribution in [3.8, 4) is 0 Å². The first-order chi connectivity index (χ1) is 14.8. The van der Waals surface area contributed by atoms with Crippen LogP contribution in [0, 0.1) is 10.1 Å². The Kier molecular flexibility index (Phi) is 6.61. The molecule has 3 aromatic rings. The lowest BCUT2D eigenvalue weighted by atomic mass is 10.1. The zero-order valence-electron chi connectivity index (χ0n) is 17.2. The molecule has 0 atom stereocenters. The summed E-state index contributed by atoms with van der Waals surface area (Å²) in [5.41, 5.74) is 2.35. The lowest BCUT2D eigenvalue weighted by Crippen LogP contribution is -2.23. The van der Waals surface area contributed by atoms with Crippen LogP contribution in [0.25, 0.3) is 0 Å². The summed E-state index contributed by atoms with van der Waals surface area (Å²) in [6.45, 7) is 1.89. The first-order valence-electron chi connectivity index (χ1n) is 9.56. The number of nitro groups is 1. The van der Waals surface area contributed by atoms with Crippen LogP contribution in [0.1, 0.15) is 22.8 Å². The number of amides is 2. The second kappa shape index (κ2) is 9.53. The fraction of sp³-hybridized carbons (Fsp3) is 0.130. The van der Waals surface area contributed by atoms with Crippen molar-refractivity contribution in [1.82, 2.24) is 4.90 Å². The molecule has 2 N–H and O–H groups in total. The van der Waals surface area contributed by atoms with Crippen LogP contribution in [0.2, 0.25) is 0 Å². The van der Waals surface area contributed by atoms with E-state index in [1.54, 1.807) is 42.3 Å². The highest BCUT2D eigenvalue weighted by Gasteiger charge is 2.18. The largest absolute Gasteiger partial charge is 0.350 e. The predicted molar refractivity (Wildman–Crippen MR) is 119 cm³/mol. The summed E-state index contributed by atoms with van der Waals surface area (Å²) in [5.74, 6) is -0.530. The Balaban J connectivity index is 1.78. The minimum Gasteiger partial charge on any atom is -0.350 e. The van der Waals surface area contributed by atoms with Crippen LogP contribution in [0.5, 0.6) is 0 Å². The van der Waals surface area contributed by atoms with E-state index in [4.69, 9.17) is 0 Å². The molecule has 3 rings (SSSR count). The third-order valence-electron chi connectivity index (χ3n) is 4.65. The van der Waals surface area contributed by atoms with Gasteiger partial charge in [-0.05, 0) is 42.0 Å². The first-order valence-corrected chi connectivity index (χ1v) is 9.56. The fourth-order valence-electron chi connectivity index (χ4n) is 2.94. The van der Waals surface area contributed by atoms with Gasteiger partial charge >= 0.3 is 0 Å². The van der Waals surface area contributed by atoms with E-state index in [9.17, 15) is 19.7 Å². The third kappa shape index (κ3) is 5.66. The lowest BCUT2D eigenvalue weighted by Gasteiger charge is -2.15. The van der Waals surface area contributed by atoms with E-state index in [0.717, 1.165) is 5.56 Å². The zero-order chi connectivity index (χ0) is 22.4. The molecule has 0 bridgehead atoms. The molecule has 0 aliphatic rings. The van der Waals surface area contributed by atoms with Gasteiger partial charge in [0.25, 0.3) is 11.6 Å². The second-order valence-electron chi connectivity index (χ2n) is 7.01. The Bertz CT molecular complexity index is 1120. The quantitative estimate of drug-likeness (QED) is 0.432. The van der Waals surface area contributed by atoms with Crippen LogP contribution < -0.4 is 10.6 Å². The lowest BCUT2D eigenvalue weighted by molar-refractivity contribution is -0.383. The molecule has 0 radical (unpaired) electrons. The predicted octanol–water partition coefficient (Wildman–Crippen LogP) is 4.57. The first kappa shape index (κ1) is 21.5. The van der Waals surface area contributed by atoms with Gasteiger partial charge in [0.2, 0.25) is 5.91 Å². The highest BCUT2D eigenvalue weighted by atomic mass is 16.6. The van der Waals surface area contributed by atoms with Crippen molar-refractivity contribution in [1.29, 1.82) is 0 Å². The third-order valence-corrected chi connectivity index (χ3v) is 4.65. The monoisotopic (exact) mass is 418 g/mol. The molecule has 0 saturated heterocycles. The number of rotatable bonds is 7. The topological polar surface area (TPSA) is 105 Å². The normalized spacial score (nSPS) is 10.3. The van der Waals surface area contributed by atoms with Gasteiger partial charge in [-0.3, -0.25) is 19.7 Å². The average molecular weight is 418 g/mol. The summed E-state index contributed by atoms with van der Waals surface area (Å²) in [7, 11) is 1.69. The minimum absolute atomic E-state index is 0.0639. The number of carbonyl (C=O) groups excluding carboxylic acids is 2. The van der Waals surface area contributed by atoms with Gasteiger partial charge in [-0.1, -0.05) is 30.3 Å². The van der Waals surface area contributed by atoms with Gasteiger partial charge in [-0.15, -0.1) is 0 Å². The second-order valence-corrected chi connectivity index (χ2v) is 7.01. The molecule has 158 valence electrons. The summed E-state index contributed by atoms with van der Waals surface area (Å²) in [5, 5.41) is 17.3. The Hall–Kier alpha value is -4.20. The van der Waals surface area contributed by atoms with E-state index in [1.807, 2.05) is 24.3 Å². The molecule has 0 spiro atoms. The summed E-state index contributed by atoms with van der Waals surface area (Å²) in [4.78, 5) is 36.7. The van der Waals surface area contributed by atoms with Crippen LogP contribution in [-0.4, -0.2) is 28.7 Å². The molecule has 0 aromatic heterocycles. The molecular weight excluding hydrogens is 396 g/mol. The number of anilines is 3. The van der Waals surface area contributed by atoms with Gasteiger partial charge in [0.15, 0.2) is 0 Å². The van der Waals surface area contributed by atoms with E-state index in [-0.39, 0.29) is 17.2 Å². The van der Waals surface area contributed by atoms with Crippen molar-refractivity contribution >= 4 is 34.6 Å². The number of hydrogen-bond acceptors (Lipinski definition) is 5. The van der Waals surface area contributed by atoms with Crippen LogP contribution in [0.15, 0.2) is 72.8 Å². The Morgan fingerprint density at radius 2 is 1.68 bits per heavy atom. The van der Waals surface area contributed by atoms with Crippen LogP contribution >= 0.6 is 0 Å². The Labute approximate surface area is 179 Å². The summed E-state index contributed by atoms with van der Waals surface area (Å²) >= 11 is 0. The molecule has 0 fully saturated rings. The highest BCUT2D eigenvalue weighted by molar-refractivity contribution is 6.05. The Morgan fingerprint density at radius 1 is 0.968 bits per heavy atom. The van der Waals surface area contributed by atoms with Gasteiger partial charge in [0.1, 0.15) is 5.69 Å². The number of benzene rings is 3. The number of nitrogens with one attached hydrogen (secondary N) is 2. The molecule has 8 heteroatoms. The molecule has 8 nitrogen and oxygen atoms in total. The molecular formula is C23H22N4O4. The van der Waals surface area contributed by atoms with Crippen LogP contribution in [0.4, 0.5) is 22.7 Å². The maximum absolute atomic E-state index is 12.7. The van der Waals surface area contributed by atoms with Crippen molar-refractivity contribution in [2.75, 3.05) is 17.7 Å². The van der Waals surface area contributed by atoms with Gasteiger partial charge < -0.3 is 15.5 Å². The average Bonchev–Trinajstić information content (AvgIpc) is 2.74. The summed E-state index contributed by atoms with van der Waals surface area (Å²) < 4.78 is 0. The van der Waals surface area contributed by atoms with Gasteiger partial charge in [-0.2, -0.15) is 0 Å². The SMILES string of the molecule is CC(=O)N(C)Cc1cccc(NC(=O)c2ccc(Nc3ccccc3)c([N+](=O)[O-])c2)c1. The number of carbonyl (C=O) groups is 2. The molecule has 31 heavy (non-hydrogen) atoms. The summed E-state index contributed by atoms with van der Waals surface area (Å²) in [6.07, 6.45) is 0. The van der Waals surface area contributed by atoms with Gasteiger partial charge in [0, 0.05) is 43.5 Å². The van der Waals surface area contributed by atoms with E-state index < -0.39 is 10.8 Å². The standard InChI is InChI=1S/C23H22N4O4/c1-16(28)26(2)15-17-7-6-10-20(13-17)25-23(29)18-11-12-21(22(14-18)27(30)31)24-19-8-4-3-5-9-19/h3-14,24H,15H2,1-2H3,(H,25,29). The van der Waals surface area contributed by atoms with Crippen LogP contribution in [0.3, 0.4) is 0 Å². The highest BCUT2D eigenvalue weighted by Crippen LogP contribution is 2.29. The number of para-hydroxylation sites is 1. The van der Waals surface area contributed by atoms with Crippen LogP contribution in [-0.2, 0) is 11.3 Å². The van der Waals surface area contributed by atoms with Crippen molar-refractivity contribution in [3.63, 3.8) is 0 Å². The Morgan fingerprint density at radius 3 is 2.35 bits per heavy atom. The molecule has 2 amide bonds. The number of hydrogen-bond donors (Lipinski definition) is 2. The van der Waals surface area contributed by atoms with Gasteiger partial charge in [0.05, 0.1) is 4.92 Å². The molecule has 0 aliphatic heterocycles. The number of nitrogens with zero attached hydrogens (tertiary/aromatic N) is 2. The molecule has 0 aliphatic carbocycles. The van der Waals surface area contributed by atoms with Crippen molar-refractivity contribution in [3.05, 3.63) is 94.0 Å². The maximum atomic E-state index is 12.7. The van der Waals surface area contributed by atoms with E-state index >= 15 is 0 Å². The van der Waals surface area contributed by atoms with Crippen molar-refractivity contribution in [2.24, 2.45) is 0 Å². The van der Waals surface area contributed by atoms with Crippen molar-refractivity contribution in [2.45, 2.75) is 13.5 Å². The molecule has 3 aromatic carbocycles. The smallest absolute Gasteiger partial charge is 0.293 e. The van der Waals surface area contributed by atoms with Gasteiger partial charge in [-0.25, -0.2) is 0 Å². The molecule has 0 unspecified atom stereocenters. The van der Waals surface area contributed by atoms with E-state index in [1.165, 1.54) is 25.1 Å². The summed E-state index contributed by atoms with van der Waals surface area (Å²) in [6, 6.07) is 20.5.